The van der Waals surface area contributed by atoms with Gasteiger partial charge in [-0.15, -0.1) is 0 Å². The first-order chi connectivity index (χ1) is 11.7. The van der Waals surface area contributed by atoms with E-state index in [2.05, 4.69) is 40.9 Å². The maximum atomic E-state index is 13.3. The minimum absolute atomic E-state index is 0.214. The Morgan fingerprint density at radius 1 is 1.04 bits per heavy atom. The maximum absolute atomic E-state index is 13.3. The third kappa shape index (κ3) is 2.85. The predicted molar refractivity (Wildman–Crippen MR) is 93.2 cm³/mol. The van der Waals surface area contributed by atoms with Crippen LogP contribution in [0.15, 0.2) is 54.6 Å². The van der Waals surface area contributed by atoms with Crippen molar-refractivity contribution >= 4 is 0 Å². The van der Waals surface area contributed by atoms with E-state index in [1.54, 1.807) is 0 Å². The van der Waals surface area contributed by atoms with Gasteiger partial charge in [0, 0.05) is 36.3 Å². The first kappa shape index (κ1) is 15.1. The van der Waals surface area contributed by atoms with E-state index in [9.17, 15) is 4.39 Å². The van der Waals surface area contributed by atoms with Gasteiger partial charge in [-0.3, -0.25) is 4.68 Å². The van der Waals surface area contributed by atoms with E-state index in [1.807, 2.05) is 18.2 Å². The van der Waals surface area contributed by atoms with Crippen molar-refractivity contribution in [3.63, 3.8) is 0 Å². The van der Waals surface area contributed by atoms with Gasteiger partial charge in [0.1, 0.15) is 5.82 Å². The molecule has 0 amide bonds. The molecule has 0 spiro atoms. The zero-order valence-corrected chi connectivity index (χ0v) is 13.7. The predicted octanol–water partition coefficient (Wildman–Crippen LogP) is 3.73. The zero-order chi connectivity index (χ0) is 16.5. The molecule has 0 N–H and O–H groups in total. The molecule has 4 heteroatoms. The first-order valence-electron chi connectivity index (χ1n) is 8.27. The Morgan fingerprint density at radius 3 is 2.54 bits per heavy atom. The number of likely N-dealkylation sites (N-methyl/N-ethyl adjacent to an activating group) is 1. The van der Waals surface area contributed by atoms with Crippen molar-refractivity contribution in [3.8, 4) is 11.3 Å². The Labute approximate surface area is 141 Å². The highest BCUT2D eigenvalue weighted by Crippen LogP contribution is 2.30. The van der Waals surface area contributed by atoms with Crippen LogP contribution < -0.4 is 0 Å². The fraction of sp³-hybridized carbons (Fsp3) is 0.250. The second-order valence-electron chi connectivity index (χ2n) is 6.41. The van der Waals surface area contributed by atoms with E-state index in [1.165, 1.54) is 29.0 Å². The minimum atomic E-state index is -0.214. The van der Waals surface area contributed by atoms with Gasteiger partial charge in [-0.25, -0.2) is 4.39 Å². The van der Waals surface area contributed by atoms with Crippen LogP contribution in [0.1, 0.15) is 16.8 Å². The Balaban J connectivity index is 1.78. The van der Waals surface area contributed by atoms with Crippen molar-refractivity contribution in [2.24, 2.45) is 0 Å². The Kier molecular flexibility index (Phi) is 3.90. The third-order valence-electron chi connectivity index (χ3n) is 4.62. The van der Waals surface area contributed by atoms with Crippen molar-refractivity contribution in [2.75, 3.05) is 13.6 Å². The van der Waals surface area contributed by atoms with E-state index in [0.717, 1.165) is 37.3 Å². The summed E-state index contributed by atoms with van der Waals surface area (Å²) in [4.78, 5) is 2.31. The minimum Gasteiger partial charge on any atom is -0.302 e. The van der Waals surface area contributed by atoms with Gasteiger partial charge >= 0.3 is 0 Å². The molecule has 0 bridgehead atoms. The number of hydrogen-bond donors (Lipinski definition) is 0. The largest absolute Gasteiger partial charge is 0.302 e. The van der Waals surface area contributed by atoms with E-state index in [4.69, 9.17) is 5.10 Å². The Bertz CT molecular complexity index is 837. The van der Waals surface area contributed by atoms with Crippen LogP contribution in [-0.4, -0.2) is 28.3 Å². The number of rotatable bonds is 3. The van der Waals surface area contributed by atoms with Gasteiger partial charge < -0.3 is 4.90 Å². The molecule has 0 radical (unpaired) electrons. The lowest BCUT2D eigenvalue weighted by molar-refractivity contribution is 0.308. The summed E-state index contributed by atoms with van der Waals surface area (Å²) in [6, 6.07) is 17.0. The van der Waals surface area contributed by atoms with Gasteiger partial charge in [0.2, 0.25) is 0 Å². The highest BCUT2D eigenvalue weighted by atomic mass is 19.1. The molecule has 24 heavy (non-hydrogen) atoms. The molecule has 3 nitrogen and oxygen atoms in total. The van der Waals surface area contributed by atoms with Gasteiger partial charge in [-0.1, -0.05) is 30.3 Å². The highest BCUT2D eigenvalue weighted by molar-refractivity contribution is 5.64. The summed E-state index contributed by atoms with van der Waals surface area (Å²) >= 11 is 0. The molecule has 4 rings (SSSR count). The summed E-state index contributed by atoms with van der Waals surface area (Å²) < 4.78 is 15.4. The fourth-order valence-corrected chi connectivity index (χ4v) is 3.35. The fourth-order valence-electron chi connectivity index (χ4n) is 3.35. The molecule has 2 aromatic carbocycles. The lowest BCUT2D eigenvalue weighted by Gasteiger charge is -2.23. The number of aromatic nitrogens is 2. The lowest BCUT2D eigenvalue weighted by atomic mass is 10.0. The topological polar surface area (TPSA) is 21.1 Å². The number of halogens is 1. The Hall–Kier alpha value is -2.46. The van der Waals surface area contributed by atoms with Gasteiger partial charge in [-0.2, -0.15) is 5.10 Å². The third-order valence-corrected chi connectivity index (χ3v) is 4.62. The standard InChI is InChI=1S/C20H20FN3/c1-23-12-11-19-18(14-23)20(16-7-9-17(21)10-8-16)22-24(19)13-15-5-3-2-4-6-15/h2-10H,11-14H2,1H3. The average Bonchev–Trinajstić information content (AvgIpc) is 2.94. The first-order valence-corrected chi connectivity index (χ1v) is 8.27. The molecule has 0 saturated heterocycles. The molecule has 3 aromatic rings. The van der Waals surface area contributed by atoms with Crippen molar-refractivity contribution < 1.29 is 4.39 Å². The average molecular weight is 321 g/mol. The summed E-state index contributed by atoms with van der Waals surface area (Å²) in [6.45, 7) is 2.70. The number of nitrogens with zero attached hydrogens (tertiary/aromatic N) is 3. The normalized spacial score (nSPS) is 14.6. The molecule has 122 valence electrons. The van der Waals surface area contributed by atoms with Crippen molar-refractivity contribution in [1.82, 2.24) is 14.7 Å². The molecule has 1 aromatic heterocycles. The summed E-state index contributed by atoms with van der Waals surface area (Å²) in [6.07, 6.45) is 0.993. The van der Waals surface area contributed by atoms with Crippen LogP contribution in [0.4, 0.5) is 4.39 Å². The quantitative estimate of drug-likeness (QED) is 0.733. The Morgan fingerprint density at radius 2 is 1.79 bits per heavy atom. The van der Waals surface area contributed by atoms with Crippen LogP contribution in [0, 0.1) is 5.82 Å². The van der Waals surface area contributed by atoms with E-state index in [-0.39, 0.29) is 5.82 Å². The second-order valence-corrected chi connectivity index (χ2v) is 6.41. The van der Waals surface area contributed by atoms with Crippen molar-refractivity contribution in [3.05, 3.63) is 77.2 Å². The summed E-state index contributed by atoms with van der Waals surface area (Å²) in [5.74, 6) is -0.214. The molecule has 2 heterocycles. The molecule has 0 fully saturated rings. The summed E-state index contributed by atoms with van der Waals surface area (Å²) in [5, 5.41) is 4.89. The van der Waals surface area contributed by atoms with E-state index < -0.39 is 0 Å². The van der Waals surface area contributed by atoms with Gasteiger partial charge in [-0.05, 0) is 36.9 Å². The molecule has 1 aliphatic heterocycles. The molecule has 0 aliphatic carbocycles. The van der Waals surface area contributed by atoms with Gasteiger partial charge in [0.05, 0.1) is 12.2 Å². The molecule has 0 saturated carbocycles. The lowest BCUT2D eigenvalue weighted by Crippen LogP contribution is -2.27. The number of benzene rings is 2. The van der Waals surface area contributed by atoms with Crippen LogP contribution in [0.25, 0.3) is 11.3 Å². The number of hydrogen-bond acceptors (Lipinski definition) is 2. The van der Waals surface area contributed by atoms with Crippen molar-refractivity contribution in [1.29, 1.82) is 0 Å². The monoisotopic (exact) mass is 321 g/mol. The van der Waals surface area contributed by atoms with Crippen molar-refractivity contribution in [2.45, 2.75) is 19.5 Å². The molecule has 1 aliphatic rings. The van der Waals surface area contributed by atoms with Crippen LogP contribution in [0.2, 0.25) is 0 Å². The smallest absolute Gasteiger partial charge is 0.123 e. The molecular formula is C20H20FN3. The SMILES string of the molecule is CN1CCc2c(c(-c3ccc(F)cc3)nn2Cc2ccccc2)C1. The van der Waals surface area contributed by atoms with E-state index in [0.29, 0.717) is 0 Å². The van der Waals surface area contributed by atoms with Gasteiger partial charge in [0.25, 0.3) is 0 Å². The summed E-state index contributed by atoms with van der Waals surface area (Å²) in [7, 11) is 2.13. The zero-order valence-electron chi connectivity index (χ0n) is 13.7. The maximum Gasteiger partial charge on any atom is 0.123 e. The molecule has 0 unspecified atom stereocenters. The summed E-state index contributed by atoms with van der Waals surface area (Å²) in [5.41, 5.74) is 5.78. The van der Waals surface area contributed by atoms with Crippen LogP contribution in [0.3, 0.4) is 0 Å². The van der Waals surface area contributed by atoms with E-state index >= 15 is 0 Å². The molecular weight excluding hydrogens is 301 g/mol. The van der Waals surface area contributed by atoms with Crippen LogP contribution >= 0.6 is 0 Å². The second kappa shape index (κ2) is 6.21. The molecule has 0 atom stereocenters. The highest BCUT2D eigenvalue weighted by Gasteiger charge is 2.24. The van der Waals surface area contributed by atoms with Crippen LogP contribution in [-0.2, 0) is 19.5 Å². The van der Waals surface area contributed by atoms with Crippen LogP contribution in [0.5, 0.6) is 0 Å². The number of fused-ring (bicyclic) bond motifs is 1. The van der Waals surface area contributed by atoms with Gasteiger partial charge in [0.15, 0.2) is 0 Å².